The molecule has 0 radical (unpaired) electrons. The number of aliphatic hydroxyl groups is 3. The van der Waals surface area contributed by atoms with Crippen LogP contribution in [0.4, 0.5) is 0 Å². The van der Waals surface area contributed by atoms with Crippen LogP contribution in [0.2, 0.25) is 0 Å². The van der Waals surface area contributed by atoms with Crippen molar-refractivity contribution in [3.05, 3.63) is 40.2 Å². The molecule has 4 N–H and O–H groups in total. The van der Waals surface area contributed by atoms with Crippen molar-refractivity contribution in [2.24, 2.45) is 23.7 Å². The zero-order chi connectivity index (χ0) is 56.9. The van der Waals surface area contributed by atoms with Crippen molar-refractivity contribution in [2.75, 3.05) is 80.8 Å². The SMILES string of the molecule is CC[C@H]1OC(=O)[C@H](C)[C@@H](O[C@H]2C[C@@](C)(OC)[C@@H](OCCN(C)CCOc3ccc4c(=O)c(C(=O)O)cn(N(C)C)c4c3)[C@H](C)O2)[C@H](C)[C@@H](O[C@@H]2O[C@H](C)C[C@H](N(C)C)[C@H]2O)[C@](C)(OC)C[C@@H](C)C(=O)[C@@H](C)[C@@H](O)[C@]1(C)O. The molecular formula is C55H90N4O17. The van der Waals surface area contributed by atoms with E-state index in [0.717, 1.165) is 0 Å². The number of hydrogen-bond acceptors (Lipinski definition) is 19. The Morgan fingerprint density at radius 2 is 1.49 bits per heavy atom. The molecule has 3 aliphatic heterocycles. The quantitative estimate of drug-likeness (QED) is 0.156. The van der Waals surface area contributed by atoms with Crippen LogP contribution in [0.25, 0.3) is 10.9 Å². The number of nitrogens with zero attached hydrogens (tertiary/aromatic N) is 4. The summed E-state index contributed by atoms with van der Waals surface area (Å²) in [7, 11) is 12.3. The van der Waals surface area contributed by atoms with E-state index in [-0.39, 0.29) is 48.1 Å². The molecule has 0 unspecified atom stereocenters. The van der Waals surface area contributed by atoms with Crippen LogP contribution in [0.3, 0.4) is 0 Å². The average Bonchev–Trinajstić information content (AvgIpc) is 3.36. The van der Waals surface area contributed by atoms with Gasteiger partial charge < -0.3 is 77.9 Å². The number of esters is 1. The van der Waals surface area contributed by atoms with E-state index in [1.54, 1.807) is 83.7 Å². The number of fused-ring (bicyclic) bond motifs is 1. The van der Waals surface area contributed by atoms with E-state index in [4.69, 9.17) is 42.6 Å². The summed E-state index contributed by atoms with van der Waals surface area (Å²) in [6.07, 6.45) is -7.31. The van der Waals surface area contributed by atoms with Crippen molar-refractivity contribution in [3.63, 3.8) is 0 Å². The van der Waals surface area contributed by atoms with E-state index in [1.807, 2.05) is 58.6 Å². The van der Waals surface area contributed by atoms with Crippen molar-refractivity contribution in [2.45, 2.75) is 179 Å². The van der Waals surface area contributed by atoms with Crippen LogP contribution in [0, 0.1) is 23.7 Å². The van der Waals surface area contributed by atoms with Gasteiger partial charge in [0.1, 0.15) is 47.6 Å². The molecule has 1 aromatic carbocycles. The molecular weight excluding hydrogens is 989 g/mol. The van der Waals surface area contributed by atoms with Crippen LogP contribution in [0.5, 0.6) is 5.75 Å². The molecule has 21 heteroatoms. The fraction of sp³-hybridized carbons (Fsp3) is 0.782. The van der Waals surface area contributed by atoms with Gasteiger partial charge in [0, 0.05) is 89.3 Å². The summed E-state index contributed by atoms with van der Waals surface area (Å²) < 4.78 is 59.8. The Hall–Kier alpha value is -3.84. The number of carbonyl (C=O) groups excluding carboxylic acids is 2. The minimum Gasteiger partial charge on any atom is -0.492 e. The van der Waals surface area contributed by atoms with Gasteiger partial charge in [-0.05, 0) is 94.1 Å². The third kappa shape index (κ3) is 13.9. The Morgan fingerprint density at radius 3 is 2.08 bits per heavy atom. The predicted molar refractivity (Wildman–Crippen MR) is 283 cm³/mol. The summed E-state index contributed by atoms with van der Waals surface area (Å²) in [5, 5.41) is 46.8. The zero-order valence-corrected chi connectivity index (χ0v) is 48.0. The topological polar surface area (TPSA) is 247 Å². The van der Waals surface area contributed by atoms with E-state index < -0.39 is 113 Å². The molecule has 18 atom stereocenters. The Kier molecular flexibility index (Phi) is 21.5. The smallest absolute Gasteiger partial charge is 0.341 e. The molecule has 432 valence electrons. The fourth-order valence-electron chi connectivity index (χ4n) is 11.5. The number of hydrogen-bond donors (Lipinski definition) is 4. The normalized spacial score (nSPS) is 37.3. The van der Waals surface area contributed by atoms with Crippen molar-refractivity contribution < 1.29 is 77.4 Å². The second-order valence-electron chi connectivity index (χ2n) is 22.7. The number of rotatable bonds is 18. The van der Waals surface area contributed by atoms with E-state index in [9.17, 15) is 39.6 Å². The molecule has 3 aliphatic rings. The van der Waals surface area contributed by atoms with Crippen molar-refractivity contribution in [1.82, 2.24) is 14.5 Å². The Balaban J connectivity index is 1.37. The molecule has 0 saturated carbocycles. The van der Waals surface area contributed by atoms with E-state index >= 15 is 0 Å². The Morgan fingerprint density at radius 1 is 0.855 bits per heavy atom. The molecule has 0 spiro atoms. The highest BCUT2D eigenvalue weighted by Crippen LogP contribution is 2.42. The number of benzene rings is 1. The van der Waals surface area contributed by atoms with Crippen LogP contribution in [-0.2, 0) is 47.5 Å². The first-order chi connectivity index (χ1) is 35.5. The van der Waals surface area contributed by atoms with Gasteiger partial charge in [0.2, 0.25) is 5.43 Å². The van der Waals surface area contributed by atoms with Gasteiger partial charge in [0.15, 0.2) is 12.6 Å². The number of pyridine rings is 1. The first-order valence-electron chi connectivity index (χ1n) is 26.7. The van der Waals surface area contributed by atoms with Gasteiger partial charge in [0.05, 0.1) is 59.8 Å². The molecule has 3 fully saturated rings. The molecule has 0 amide bonds. The van der Waals surface area contributed by atoms with Crippen LogP contribution in [0.15, 0.2) is 29.2 Å². The van der Waals surface area contributed by atoms with Gasteiger partial charge in [-0.3, -0.25) is 19.1 Å². The summed E-state index contributed by atoms with van der Waals surface area (Å²) in [4.78, 5) is 57.4. The summed E-state index contributed by atoms with van der Waals surface area (Å²) in [6.45, 7) is 19.0. The number of Topliss-reactive ketones (excluding diaryl/α,β-unsaturated/α-hetero) is 1. The van der Waals surface area contributed by atoms with Gasteiger partial charge in [-0.15, -0.1) is 0 Å². The molecule has 2 aromatic rings. The van der Waals surface area contributed by atoms with Crippen LogP contribution in [0.1, 0.15) is 105 Å². The van der Waals surface area contributed by atoms with Crippen LogP contribution < -0.4 is 15.2 Å². The first-order valence-corrected chi connectivity index (χ1v) is 26.7. The maximum atomic E-state index is 14.6. The number of cyclic esters (lactones) is 1. The van der Waals surface area contributed by atoms with E-state index in [0.29, 0.717) is 44.0 Å². The van der Waals surface area contributed by atoms with Gasteiger partial charge in [-0.1, -0.05) is 27.7 Å². The number of carboxylic acids is 1. The number of methoxy groups -OCH3 is 2. The number of aliphatic hydroxyl groups excluding tert-OH is 2. The first kappa shape index (κ1) is 63.0. The van der Waals surface area contributed by atoms with Crippen molar-refractivity contribution in [3.8, 4) is 5.75 Å². The molecule has 0 aliphatic carbocycles. The molecule has 76 heavy (non-hydrogen) atoms. The molecule has 3 saturated heterocycles. The molecule has 0 bridgehead atoms. The largest absolute Gasteiger partial charge is 0.492 e. The van der Waals surface area contributed by atoms with E-state index in [1.165, 1.54) is 20.2 Å². The summed E-state index contributed by atoms with van der Waals surface area (Å²) in [5.41, 5.74) is -4.67. The third-order valence-electron chi connectivity index (χ3n) is 16.4. The number of aromatic carboxylic acids is 1. The lowest BCUT2D eigenvalue weighted by Gasteiger charge is -2.50. The minimum atomic E-state index is -2.01. The number of carbonyl (C=O) groups is 3. The molecule has 1 aromatic heterocycles. The predicted octanol–water partition coefficient (Wildman–Crippen LogP) is 3.69. The Labute approximate surface area is 448 Å². The lowest BCUT2D eigenvalue weighted by Crippen LogP contribution is -2.61. The zero-order valence-electron chi connectivity index (χ0n) is 48.0. The average molecular weight is 1080 g/mol. The Bertz CT molecular complexity index is 2330. The highest BCUT2D eigenvalue weighted by molar-refractivity contribution is 5.93. The third-order valence-corrected chi connectivity index (χ3v) is 16.4. The number of aromatic nitrogens is 1. The summed E-state index contributed by atoms with van der Waals surface area (Å²) >= 11 is 0. The van der Waals surface area contributed by atoms with Crippen molar-refractivity contribution >= 4 is 28.6 Å². The maximum Gasteiger partial charge on any atom is 0.341 e. The monoisotopic (exact) mass is 1080 g/mol. The lowest BCUT2D eigenvalue weighted by atomic mass is 9.74. The number of ketones is 1. The second-order valence-corrected chi connectivity index (χ2v) is 22.7. The highest BCUT2D eigenvalue weighted by Gasteiger charge is 2.54. The number of carboxylic acid groups (broad SMARTS) is 1. The molecule has 21 nitrogen and oxygen atoms in total. The summed E-state index contributed by atoms with van der Waals surface area (Å²) in [5.74, 6) is -5.46. The fourth-order valence-corrected chi connectivity index (χ4v) is 11.5. The maximum absolute atomic E-state index is 14.6. The molecule has 5 rings (SSSR count). The van der Waals surface area contributed by atoms with Crippen LogP contribution in [-0.4, -0.2) is 213 Å². The summed E-state index contributed by atoms with van der Waals surface area (Å²) in [6, 6.07) is 4.61. The van der Waals surface area contributed by atoms with Gasteiger partial charge in [-0.25, -0.2) is 4.79 Å². The van der Waals surface area contributed by atoms with Gasteiger partial charge in [0.25, 0.3) is 0 Å². The van der Waals surface area contributed by atoms with Gasteiger partial charge in [-0.2, -0.15) is 0 Å². The number of ether oxygens (including phenoxy) is 9. The second kappa shape index (κ2) is 26.0. The lowest BCUT2D eigenvalue weighted by molar-refractivity contribution is -0.322. The standard InChI is InChI=1S/C55H90N4O17/c1-18-41-55(10,67)47(63)32(4)43(60)30(2)27-53(8,68-16)48(76-52-45(62)40(56(11)12)25-31(3)72-52)33(5)46(34(6)51(66)74-41)75-42-28-54(9,69-17)49(35(7)73-42)71-24-22-58(15)21-23-70-36-19-20-37-39(26-36)59(57(13)14)29-38(44(37)61)50(64)65/h19-20,26,29-35,40-42,45-49,52,62-63,67H,18,21-25,27-28H2,1-17H3,(H,64,65)/t30-,31-,32-,33+,34-,35+,40+,41-,42+,45-,46+,47-,48-,49+,52+,53-,54-,55-/m1/s1. The highest BCUT2D eigenvalue weighted by atomic mass is 16.7. The minimum absolute atomic E-state index is 0.0820. The molecule has 4 heterocycles. The number of likely N-dealkylation sites (N-methyl/N-ethyl adjacent to an activating group) is 2. The van der Waals surface area contributed by atoms with E-state index in [2.05, 4.69) is 0 Å². The van der Waals surface area contributed by atoms with Crippen LogP contribution >= 0.6 is 0 Å². The van der Waals surface area contributed by atoms with Gasteiger partial charge >= 0.3 is 11.9 Å². The van der Waals surface area contributed by atoms with Crippen molar-refractivity contribution in [1.29, 1.82) is 0 Å².